The van der Waals surface area contributed by atoms with Crippen molar-refractivity contribution in [3.63, 3.8) is 0 Å². The van der Waals surface area contributed by atoms with Crippen LogP contribution in [0.3, 0.4) is 0 Å². The maximum atomic E-state index is 12.3. The third-order valence-corrected chi connectivity index (χ3v) is 3.55. The molecule has 0 aliphatic heterocycles. The van der Waals surface area contributed by atoms with E-state index >= 15 is 0 Å². The molecule has 0 fully saturated rings. The largest absolute Gasteiger partial charge is 0.493 e. The molecule has 0 aromatic heterocycles. The summed E-state index contributed by atoms with van der Waals surface area (Å²) >= 11 is 6.07. The van der Waals surface area contributed by atoms with Crippen LogP contribution in [0.1, 0.15) is 15.9 Å². The van der Waals surface area contributed by atoms with Crippen molar-refractivity contribution in [1.29, 1.82) is 0 Å². The summed E-state index contributed by atoms with van der Waals surface area (Å²) in [5.41, 5.74) is 1.35. The second kappa shape index (κ2) is 8.25. The van der Waals surface area contributed by atoms with E-state index < -0.39 is 0 Å². The summed E-state index contributed by atoms with van der Waals surface area (Å²) in [7, 11) is 1.53. The number of rotatable bonds is 7. The van der Waals surface area contributed by atoms with Gasteiger partial charge in [-0.05, 0) is 29.8 Å². The topological polar surface area (TPSA) is 47.6 Å². The molecule has 4 nitrogen and oxygen atoms in total. The maximum absolute atomic E-state index is 12.3. The molecule has 2 rings (SSSR count). The van der Waals surface area contributed by atoms with Crippen molar-refractivity contribution in [2.75, 3.05) is 13.7 Å². The van der Waals surface area contributed by atoms with E-state index in [2.05, 4.69) is 11.9 Å². The van der Waals surface area contributed by atoms with Gasteiger partial charge in [0.1, 0.15) is 6.61 Å². The van der Waals surface area contributed by atoms with E-state index in [4.69, 9.17) is 21.1 Å². The Labute approximate surface area is 140 Å². The summed E-state index contributed by atoms with van der Waals surface area (Å²) in [6, 6.07) is 12.4. The van der Waals surface area contributed by atoms with Crippen LogP contribution in [0.5, 0.6) is 11.5 Å². The molecule has 120 valence electrons. The molecule has 0 radical (unpaired) electrons. The van der Waals surface area contributed by atoms with Gasteiger partial charge in [0.25, 0.3) is 5.91 Å². The van der Waals surface area contributed by atoms with Crippen molar-refractivity contribution in [3.05, 3.63) is 71.3 Å². The average Bonchev–Trinajstić information content (AvgIpc) is 2.58. The Bertz CT molecular complexity index is 700. The minimum Gasteiger partial charge on any atom is -0.493 e. The quantitative estimate of drug-likeness (QED) is 0.784. The third kappa shape index (κ3) is 4.50. The van der Waals surface area contributed by atoms with Gasteiger partial charge in [-0.2, -0.15) is 0 Å². The Kier molecular flexibility index (Phi) is 6.06. The second-order valence-electron chi connectivity index (χ2n) is 4.74. The molecular weight excluding hydrogens is 314 g/mol. The van der Waals surface area contributed by atoms with E-state index in [9.17, 15) is 4.79 Å². The minimum atomic E-state index is -0.210. The van der Waals surface area contributed by atoms with Crippen molar-refractivity contribution < 1.29 is 14.3 Å². The predicted octanol–water partition coefficient (Wildman–Crippen LogP) is 3.84. The Morgan fingerprint density at radius 2 is 2.04 bits per heavy atom. The van der Waals surface area contributed by atoms with Gasteiger partial charge in [0, 0.05) is 17.1 Å². The molecule has 0 unspecified atom stereocenters. The lowest BCUT2D eigenvalue weighted by molar-refractivity contribution is 0.0950. The van der Waals surface area contributed by atoms with E-state index in [0.29, 0.717) is 35.2 Å². The molecule has 0 spiro atoms. The zero-order valence-electron chi connectivity index (χ0n) is 12.8. The van der Waals surface area contributed by atoms with E-state index in [1.165, 1.54) is 7.11 Å². The van der Waals surface area contributed by atoms with Gasteiger partial charge in [-0.25, -0.2) is 0 Å². The van der Waals surface area contributed by atoms with Gasteiger partial charge in [0.05, 0.1) is 7.11 Å². The zero-order chi connectivity index (χ0) is 16.7. The first-order valence-corrected chi connectivity index (χ1v) is 7.47. The van der Waals surface area contributed by atoms with Gasteiger partial charge in [0.15, 0.2) is 11.5 Å². The van der Waals surface area contributed by atoms with Crippen molar-refractivity contribution >= 4 is 17.5 Å². The predicted molar refractivity (Wildman–Crippen MR) is 91.3 cm³/mol. The van der Waals surface area contributed by atoms with Gasteiger partial charge in [-0.15, -0.1) is 0 Å². The van der Waals surface area contributed by atoms with Crippen molar-refractivity contribution in [1.82, 2.24) is 5.32 Å². The Morgan fingerprint density at radius 1 is 1.26 bits per heavy atom. The number of nitrogens with one attached hydrogen (secondary N) is 1. The highest BCUT2D eigenvalue weighted by Crippen LogP contribution is 2.28. The molecule has 0 saturated carbocycles. The highest BCUT2D eigenvalue weighted by molar-refractivity contribution is 6.31. The molecule has 2 aromatic rings. The number of ether oxygens (including phenoxy) is 2. The molecular formula is C18H18ClNO3. The fourth-order valence-electron chi connectivity index (χ4n) is 2.00. The number of methoxy groups -OCH3 is 1. The lowest BCUT2D eigenvalue weighted by Crippen LogP contribution is -2.23. The monoisotopic (exact) mass is 331 g/mol. The highest BCUT2D eigenvalue weighted by atomic mass is 35.5. The van der Waals surface area contributed by atoms with E-state index in [1.807, 2.05) is 18.2 Å². The van der Waals surface area contributed by atoms with Crippen LogP contribution < -0.4 is 14.8 Å². The average molecular weight is 332 g/mol. The highest BCUT2D eigenvalue weighted by Gasteiger charge is 2.11. The summed E-state index contributed by atoms with van der Waals surface area (Å²) in [5.74, 6) is 0.853. The van der Waals surface area contributed by atoms with Crippen LogP contribution in [0.25, 0.3) is 0 Å². The van der Waals surface area contributed by atoms with E-state index in [0.717, 1.165) is 5.56 Å². The van der Waals surface area contributed by atoms with Crippen LogP contribution in [-0.4, -0.2) is 19.6 Å². The van der Waals surface area contributed by atoms with Crippen molar-refractivity contribution in [2.45, 2.75) is 6.54 Å². The SMILES string of the molecule is C=CCOc1ccc(C(=O)NCc2ccccc2Cl)cc1OC. The first-order chi connectivity index (χ1) is 11.2. The van der Waals surface area contributed by atoms with Gasteiger partial charge < -0.3 is 14.8 Å². The van der Waals surface area contributed by atoms with E-state index in [-0.39, 0.29) is 5.91 Å². The molecule has 0 saturated heterocycles. The number of amides is 1. The number of hydrogen-bond donors (Lipinski definition) is 1. The molecule has 0 aliphatic rings. The second-order valence-corrected chi connectivity index (χ2v) is 5.15. The van der Waals surface area contributed by atoms with Crippen molar-refractivity contribution in [2.24, 2.45) is 0 Å². The summed E-state index contributed by atoms with van der Waals surface area (Å²) in [6.45, 7) is 4.32. The smallest absolute Gasteiger partial charge is 0.251 e. The fourth-order valence-corrected chi connectivity index (χ4v) is 2.20. The normalized spacial score (nSPS) is 10.0. The van der Waals surface area contributed by atoms with Crippen LogP contribution in [0, 0.1) is 0 Å². The number of carbonyl (C=O) groups excluding carboxylic acids is 1. The lowest BCUT2D eigenvalue weighted by Gasteiger charge is -2.11. The summed E-state index contributed by atoms with van der Waals surface area (Å²) < 4.78 is 10.7. The Morgan fingerprint density at radius 3 is 2.74 bits per heavy atom. The molecule has 0 atom stereocenters. The molecule has 5 heteroatoms. The number of halogens is 1. The molecule has 2 aromatic carbocycles. The van der Waals surface area contributed by atoms with Crippen LogP contribution >= 0.6 is 11.6 Å². The molecule has 0 heterocycles. The maximum Gasteiger partial charge on any atom is 0.251 e. The Hall–Kier alpha value is -2.46. The third-order valence-electron chi connectivity index (χ3n) is 3.18. The summed E-state index contributed by atoms with van der Waals surface area (Å²) in [4.78, 5) is 12.3. The van der Waals surface area contributed by atoms with Crippen LogP contribution in [0.4, 0.5) is 0 Å². The first-order valence-electron chi connectivity index (χ1n) is 7.09. The van der Waals surface area contributed by atoms with Crippen LogP contribution in [0.15, 0.2) is 55.1 Å². The number of benzene rings is 2. The number of hydrogen-bond acceptors (Lipinski definition) is 3. The summed E-state index contributed by atoms with van der Waals surface area (Å²) in [6.07, 6.45) is 1.64. The standard InChI is InChI=1S/C18H18ClNO3/c1-3-10-23-16-9-8-13(11-17(16)22-2)18(21)20-12-14-6-4-5-7-15(14)19/h3-9,11H,1,10,12H2,2H3,(H,20,21). The minimum absolute atomic E-state index is 0.210. The fraction of sp³-hybridized carbons (Fsp3) is 0.167. The number of carbonyl (C=O) groups is 1. The van der Waals surface area contributed by atoms with Crippen LogP contribution in [0.2, 0.25) is 5.02 Å². The van der Waals surface area contributed by atoms with Gasteiger partial charge in [-0.3, -0.25) is 4.79 Å². The van der Waals surface area contributed by atoms with E-state index in [1.54, 1.807) is 30.3 Å². The molecule has 0 aliphatic carbocycles. The zero-order valence-corrected chi connectivity index (χ0v) is 13.6. The Balaban J connectivity index is 2.07. The first kappa shape index (κ1) is 16.9. The summed E-state index contributed by atoms with van der Waals surface area (Å²) in [5, 5.41) is 3.46. The molecule has 1 N–H and O–H groups in total. The molecule has 1 amide bonds. The molecule has 0 bridgehead atoms. The van der Waals surface area contributed by atoms with Crippen LogP contribution in [-0.2, 0) is 6.54 Å². The van der Waals surface area contributed by atoms with Gasteiger partial charge in [-0.1, -0.05) is 42.5 Å². The van der Waals surface area contributed by atoms with Crippen molar-refractivity contribution in [3.8, 4) is 11.5 Å². The molecule has 23 heavy (non-hydrogen) atoms. The lowest BCUT2D eigenvalue weighted by atomic mass is 10.1. The van der Waals surface area contributed by atoms with Gasteiger partial charge in [0.2, 0.25) is 0 Å². The van der Waals surface area contributed by atoms with Gasteiger partial charge >= 0.3 is 0 Å².